The van der Waals surface area contributed by atoms with Crippen LogP contribution >= 0.6 is 0 Å². The molecular weight excluding hydrogens is 388 g/mol. The second-order valence-corrected chi connectivity index (χ2v) is 8.25. The van der Waals surface area contributed by atoms with E-state index in [4.69, 9.17) is 16.2 Å². The lowest BCUT2D eigenvalue weighted by molar-refractivity contribution is 0.221. The molecule has 4 aromatic rings. The Labute approximate surface area is 181 Å². The van der Waals surface area contributed by atoms with Gasteiger partial charge in [0.15, 0.2) is 5.82 Å². The molecule has 1 fully saturated rings. The minimum atomic E-state index is 0.189. The van der Waals surface area contributed by atoms with Gasteiger partial charge in [0, 0.05) is 17.5 Å². The largest absolute Gasteiger partial charge is 0.496 e. The van der Waals surface area contributed by atoms with E-state index in [2.05, 4.69) is 43.7 Å². The molecule has 0 bridgehead atoms. The third kappa shape index (κ3) is 3.65. The lowest BCUT2D eigenvalue weighted by atomic mass is 10.1. The molecule has 3 heterocycles. The van der Waals surface area contributed by atoms with Gasteiger partial charge in [0.25, 0.3) is 0 Å². The number of nitrogen functional groups attached to an aromatic ring is 2. The minimum Gasteiger partial charge on any atom is -0.496 e. The van der Waals surface area contributed by atoms with Crippen molar-refractivity contribution in [3.8, 4) is 5.75 Å². The van der Waals surface area contributed by atoms with E-state index >= 15 is 0 Å². The Bertz CT molecular complexity index is 1240. The van der Waals surface area contributed by atoms with Gasteiger partial charge in [0.05, 0.1) is 19.2 Å². The predicted octanol–water partition coefficient (Wildman–Crippen LogP) is 3.79. The number of nitrogens with zero attached hydrogens (tertiary/aromatic N) is 4. The molecule has 2 aromatic heterocycles. The summed E-state index contributed by atoms with van der Waals surface area (Å²) in [4.78, 5) is 11.2. The van der Waals surface area contributed by atoms with E-state index in [1.165, 1.54) is 37.9 Å². The quantitative estimate of drug-likeness (QED) is 0.514. The van der Waals surface area contributed by atoms with Crippen molar-refractivity contribution in [2.45, 2.75) is 32.4 Å². The predicted molar refractivity (Wildman–Crippen MR) is 125 cm³/mol. The summed E-state index contributed by atoms with van der Waals surface area (Å²) in [5.41, 5.74) is 17.2. The van der Waals surface area contributed by atoms with Crippen molar-refractivity contribution in [1.82, 2.24) is 19.4 Å². The van der Waals surface area contributed by atoms with Gasteiger partial charge in [-0.1, -0.05) is 30.7 Å². The number of hydrogen-bond donors (Lipinski definition) is 2. The molecule has 1 aliphatic rings. The molecule has 0 atom stereocenters. The smallest absolute Gasteiger partial charge is 0.222 e. The Morgan fingerprint density at radius 3 is 2.58 bits per heavy atom. The topological polar surface area (TPSA) is 95.2 Å². The van der Waals surface area contributed by atoms with Crippen LogP contribution in [0.15, 0.2) is 42.5 Å². The van der Waals surface area contributed by atoms with Crippen molar-refractivity contribution in [3.63, 3.8) is 0 Å². The summed E-state index contributed by atoms with van der Waals surface area (Å²) in [7, 11) is 1.72. The van der Waals surface area contributed by atoms with Gasteiger partial charge < -0.3 is 20.8 Å². The van der Waals surface area contributed by atoms with Crippen LogP contribution in [0, 0.1) is 0 Å². The van der Waals surface area contributed by atoms with E-state index in [0.717, 1.165) is 39.8 Å². The molecule has 0 radical (unpaired) electrons. The SMILES string of the molecule is COc1ccc(CN2CCCCC2)cc1Cn1c2ccccc2c2nc(N)nc(N)c21. The summed E-state index contributed by atoms with van der Waals surface area (Å²) in [6.07, 6.45) is 3.91. The second-order valence-electron chi connectivity index (χ2n) is 8.25. The summed E-state index contributed by atoms with van der Waals surface area (Å²) in [6.45, 7) is 3.91. The number of aromatic nitrogens is 3. The normalized spacial score (nSPS) is 15.0. The highest BCUT2D eigenvalue weighted by Crippen LogP contribution is 2.33. The standard InChI is InChI=1S/C24H28N6O/c1-31-20-10-9-16(14-29-11-5-2-6-12-29)13-17(20)15-30-19-8-4-3-7-18(19)21-22(30)23(25)28-24(26)27-21/h3-4,7-10,13H,2,5-6,11-12,14-15H2,1H3,(H4,25,26,27,28). The van der Waals surface area contributed by atoms with Crippen molar-refractivity contribution in [2.75, 3.05) is 31.7 Å². The molecule has 7 nitrogen and oxygen atoms in total. The Morgan fingerprint density at radius 1 is 0.968 bits per heavy atom. The van der Waals surface area contributed by atoms with Gasteiger partial charge in [-0.05, 0) is 49.7 Å². The molecule has 31 heavy (non-hydrogen) atoms. The maximum atomic E-state index is 6.31. The zero-order chi connectivity index (χ0) is 21.4. The van der Waals surface area contributed by atoms with E-state index < -0.39 is 0 Å². The molecule has 2 aromatic carbocycles. The molecule has 1 aliphatic heterocycles. The number of hydrogen-bond acceptors (Lipinski definition) is 6. The van der Waals surface area contributed by atoms with Crippen molar-refractivity contribution < 1.29 is 4.74 Å². The monoisotopic (exact) mass is 416 g/mol. The Hall–Kier alpha value is -3.32. The highest BCUT2D eigenvalue weighted by atomic mass is 16.5. The third-order valence-electron chi connectivity index (χ3n) is 6.18. The molecule has 0 spiro atoms. The van der Waals surface area contributed by atoms with E-state index in [1.54, 1.807) is 7.11 Å². The van der Waals surface area contributed by atoms with Crippen LogP contribution in [0.3, 0.4) is 0 Å². The number of methoxy groups -OCH3 is 1. The fourth-order valence-electron chi connectivity index (χ4n) is 4.74. The lowest BCUT2D eigenvalue weighted by Gasteiger charge is -2.26. The number of benzene rings is 2. The molecule has 4 N–H and O–H groups in total. The number of nitrogens with two attached hydrogens (primary N) is 2. The van der Waals surface area contributed by atoms with Gasteiger partial charge in [0.2, 0.25) is 5.95 Å². The molecule has 1 saturated heterocycles. The summed E-state index contributed by atoms with van der Waals surface area (Å²) in [5, 5.41) is 1.02. The number of fused-ring (bicyclic) bond motifs is 3. The average Bonchev–Trinajstić information content (AvgIpc) is 3.09. The van der Waals surface area contributed by atoms with Gasteiger partial charge in [-0.15, -0.1) is 0 Å². The van der Waals surface area contributed by atoms with E-state index in [0.29, 0.717) is 12.4 Å². The van der Waals surface area contributed by atoms with E-state index in [1.807, 2.05) is 18.2 Å². The van der Waals surface area contributed by atoms with Crippen molar-refractivity contribution in [1.29, 1.82) is 0 Å². The van der Waals surface area contributed by atoms with Crippen LogP contribution < -0.4 is 16.2 Å². The summed E-state index contributed by atoms with van der Waals surface area (Å²) in [5.74, 6) is 1.44. The van der Waals surface area contributed by atoms with E-state index in [-0.39, 0.29) is 5.95 Å². The second kappa shape index (κ2) is 8.07. The summed E-state index contributed by atoms with van der Waals surface area (Å²) >= 11 is 0. The Kier molecular flexibility index (Phi) is 5.11. The first-order valence-corrected chi connectivity index (χ1v) is 10.8. The van der Waals surface area contributed by atoms with Crippen molar-refractivity contribution >= 4 is 33.7 Å². The average molecular weight is 417 g/mol. The van der Waals surface area contributed by atoms with Crippen molar-refractivity contribution in [2.24, 2.45) is 0 Å². The number of rotatable bonds is 5. The third-order valence-corrected chi connectivity index (χ3v) is 6.18. The molecular formula is C24H28N6O. The maximum absolute atomic E-state index is 6.31. The van der Waals surface area contributed by atoms with Gasteiger partial charge in [-0.25, -0.2) is 4.98 Å². The van der Waals surface area contributed by atoms with Crippen LogP contribution in [0.1, 0.15) is 30.4 Å². The summed E-state index contributed by atoms with van der Waals surface area (Å²) in [6, 6.07) is 14.6. The maximum Gasteiger partial charge on any atom is 0.222 e. The number of likely N-dealkylation sites (tertiary alicyclic amines) is 1. The Morgan fingerprint density at radius 2 is 1.77 bits per heavy atom. The fraction of sp³-hybridized carbons (Fsp3) is 0.333. The number of anilines is 2. The first kappa shape index (κ1) is 19.6. The number of ether oxygens (including phenoxy) is 1. The van der Waals surface area contributed by atoms with Crippen LogP contribution in [0.2, 0.25) is 0 Å². The van der Waals surface area contributed by atoms with Crippen LogP contribution in [0.25, 0.3) is 21.9 Å². The lowest BCUT2D eigenvalue weighted by Crippen LogP contribution is -2.29. The van der Waals surface area contributed by atoms with Gasteiger partial charge >= 0.3 is 0 Å². The first-order valence-electron chi connectivity index (χ1n) is 10.8. The van der Waals surface area contributed by atoms with Gasteiger partial charge in [0.1, 0.15) is 16.8 Å². The zero-order valence-corrected chi connectivity index (χ0v) is 17.8. The van der Waals surface area contributed by atoms with Gasteiger partial charge in [-0.2, -0.15) is 4.98 Å². The highest BCUT2D eigenvalue weighted by Gasteiger charge is 2.18. The molecule has 160 valence electrons. The first-order chi connectivity index (χ1) is 15.1. The molecule has 0 amide bonds. The number of para-hydroxylation sites is 1. The molecule has 0 aliphatic carbocycles. The fourth-order valence-corrected chi connectivity index (χ4v) is 4.74. The van der Waals surface area contributed by atoms with Crippen LogP contribution in [0.5, 0.6) is 5.75 Å². The number of piperidine rings is 1. The minimum absolute atomic E-state index is 0.189. The van der Waals surface area contributed by atoms with Gasteiger partial charge in [-0.3, -0.25) is 4.90 Å². The van der Waals surface area contributed by atoms with Crippen LogP contribution in [-0.2, 0) is 13.1 Å². The molecule has 7 heteroatoms. The molecule has 0 unspecified atom stereocenters. The molecule has 5 rings (SSSR count). The van der Waals surface area contributed by atoms with Crippen LogP contribution in [-0.4, -0.2) is 39.6 Å². The van der Waals surface area contributed by atoms with E-state index in [9.17, 15) is 0 Å². The zero-order valence-electron chi connectivity index (χ0n) is 17.8. The van der Waals surface area contributed by atoms with Crippen LogP contribution in [0.4, 0.5) is 11.8 Å². The summed E-state index contributed by atoms with van der Waals surface area (Å²) < 4.78 is 7.87. The van der Waals surface area contributed by atoms with Crippen molar-refractivity contribution in [3.05, 3.63) is 53.6 Å². The Balaban J connectivity index is 1.59. The molecule has 0 saturated carbocycles. The highest BCUT2D eigenvalue weighted by molar-refractivity contribution is 6.09.